The van der Waals surface area contributed by atoms with Crippen LogP contribution in [-0.2, 0) is 0 Å². The normalized spacial score (nSPS) is 13.0. The fraction of sp³-hybridized carbons (Fsp3) is 0.500. The molecule has 0 spiro atoms. The molecular formula is C14H22N2S. The Morgan fingerprint density at radius 3 is 2.29 bits per heavy atom. The highest BCUT2D eigenvalue weighted by Crippen LogP contribution is 2.17. The van der Waals surface area contributed by atoms with E-state index >= 15 is 0 Å². The van der Waals surface area contributed by atoms with Crippen LogP contribution in [0.25, 0.3) is 0 Å². The predicted molar refractivity (Wildman–Crippen MR) is 78.3 cm³/mol. The highest BCUT2D eigenvalue weighted by atomic mass is 32.1. The first-order valence-electron chi connectivity index (χ1n) is 6.03. The zero-order valence-electron chi connectivity index (χ0n) is 10.9. The van der Waals surface area contributed by atoms with E-state index in [2.05, 4.69) is 37.9 Å². The fourth-order valence-corrected chi connectivity index (χ4v) is 2.27. The number of nitrogens with two attached hydrogens (primary N) is 1. The van der Waals surface area contributed by atoms with Crippen LogP contribution in [0.3, 0.4) is 0 Å². The van der Waals surface area contributed by atoms with Gasteiger partial charge < -0.3 is 10.6 Å². The van der Waals surface area contributed by atoms with Crippen molar-refractivity contribution >= 4 is 17.2 Å². The summed E-state index contributed by atoms with van der Waals surface area (Å²) in [5.74, 6) is 0.803. The van der Waals surface area contributed by atoms with Gasteiger partial charge in [0.25, 0.3) is 0 Å². The molecule has 0 aliphatic heterocycles. The maximum Gasteiger partial charge on any atom is 0.0816 e. The van der Waals surface area contributed by atoms with Crippen molar-refractivity contribution in [3.63, 3.8) is 0 Å². The van der Waals surface area contributed by atoms with Crippen molar-refractivity contribution in [1.29, 1.82) is 0 Å². The molecular weight excluding hydrogens is 228 g/mol. The molecule has 1 rings (SSSR count). The van der Waals surface area contributed by atoms with Crippen molar-refractivity contribution in [3.05, 3.63) is 35.9 Å². The molecule has 0 aliphatic rings. The van der Waals surface area contributed by atoms with Gasteiger partial charge in [-0.15, -0.1) is 0 Å². The molecule has 3 heteroatoms. The zero-order chi connectivity index (χ0) is 12.8. The molecule has 0 fully saturated rings. The molecule has 1 aromatic carbocycles. The second kappa shape index (κ2) is 6.72. The SMILES string of the molecule is CC(C)CN(C)CC(C(N)=S)c1ccccc1. The maximum atomic E-state index is 5.85. The van der Waals surface area contributed by atoms with Crippen molar-refractivity contribution in [1.82, 2.24) is 4.90 Å². The van der Waals surface area contributed by atoms with Crippen LogP contribution in [0.15, 0.2) is 30.3 Å². The number of benzene rings is 1. The molecule has 2 nitrogen and oxygen atoms in total. The van der Waals surface area contributed by atoms with E-state index in [-0.39, 0.29) is 5.92 Å². The lowest BCUT2D eigenvalue weighted by atomic mass is 9.98. The predicted octanol–water partition coefficient (Wildman–Crippen LogP) is 2.64. The Morgan fingerprint density at radius 2 is 1.82 bits per heavy atom. The van der Waals surface area contributed by atoms with Crippen LogP contribution in [0.5, 0.6) is 0 Å². The van der Waals surface area contributed by atoms with Gasteiger partial charge in [0.1, 0.15) is 0 Å². The zero-order valence-corrected chi connectivity index (χ0v) is 11.7. The molecule has 2 N–H and O–H groups in total. The molecule has 1 aromatic rings. The largest absolute Gasteiger partial charge is 0.393 e. The summed E-state index contributed by atoms with van der Waals surface area (Å²) in [7, 11) is 2.12. The molecule has 0 bridgehead atoms. The molecule has 1 unspecified atom stereocenters. The smallest absolute Gasteiger partial charge is 0.0816 e. The maximum absolute atomic E-state index is 5.85. The van der Waals surface area contributed by atoms with Gasteiger partial charge >= 0.3 is 0 Å². The van der Waals surface area contributed by atoms with Gasteiger partial charge in [0.05, 0.1) is 4.99 Å². The molecule has 94 valence electrons. The topological polar surface area (TPSA) is 29.3 Å². The van der Waals surface area contributed by atoms with Gasteiger partial charge in [-0.3, -0.25) is 0 Å². The summed E-state index contributed by atoms with van der Waals surface area (Å²) in [5.41, 5.74) is 7.06. The molecule has 1 atom stereocenters. The van der Waals surface area contributed by atoms with Gasteiger partial charge in [-0.25, -0.2) is 0 Å². The lowest BCUT2D eigenvalue weighted by molar-refractivity contribution is 0.293. The van der Waals surface area contributed by atoms with Crippen LogP contribution >= 0.6 is 12.2 Å². The van der Waals surface area contributed by atoms with Gasteiger partial charge in [0, 0.05) is 19.0 Å². The first-order valence-corrected chi connectivity index (χ1v) is 6.44. The van der Waals surface area contributed by atoms with Crippen LogP contribution in [0.1, 0.15) is 25.3 Å². The summed E-state index contributed by atoms with van der Waals surface area (Å²) in [6.07, 6.45) is 0. The molecule has 0 aromatic heterocycles. The Morgan fingerprint density at radius 1 is 1.24 bits per heavy atom. The summed E-state index contributed by atoms with van der Waals surface area (Å²) in [6.45, 7) is 6.38. The Bertz CT molecular complexity index is 348. The Balaban J connectivity index is 2.71. The molecule has 0 heterocycles. The summed E-state index contributed by atoms with van der Waals surface area (Å²) >= 11 is 5.18. The van der Waals surface area contributed by atoms with Crippen molar-refractivity contribution in [3.8, 4) is 0 Å². The third-order valence-electron chi connectivity index (χ3n) is 2.72. The lowest BCUT2D eigenvalue weighted by Crippen LogP contribution is -2.33. The monoisotopic (exact) mass is 250 g/mol. The van der Waals surface area contributed by atoms with E-state index in [1.54, 1.807) is 0 Å². The van der Waals surface area contributed by atoms with E-state index in [4.69, 9.17) is 18.0 Å². The van der Waals surface area contributed by atoms with Crippen LogP contribution < -0.4 is 5.73 Å². The third-order valence-corrected chi connectivity index (χ3v) is 3.00. The molecule has 0 aliphatic carbocycles. The van der Waals surface area contributed by atoms with Crippen LogP contribution in [-0.4, -0.2) is 30.0 Å². The first-order chi connectivity index (χ1) is 8.00. The first kappa shape index (κ1) is 14.1. The van der Waals surface area contributed by atoms with Gasteiger partial charge in [-0.2, -0.15) is 0 Å². The average molecular weight is 250 g/mol. The molecule has 17 heavy (non-hydrogen) atoms. The van der Waals surface area contributed by atoms with Gasteiger partial charge in [-0.1, -0.05) is 56.4 Å². The highest BCUT2D eigenvalue weighted by molar-refractivity contribution is 7.80. The van der Waals surface area contributed by atoms with E-state index in [0.717, 1.165) is 13.1 Å². The molecule has 0 saturated heterocycles. The van der Waals surface area contributed by atoms with Gasteiger partial charge in [0.15, 0.2) is 0 Å². The number of hydrogen-bond acceptors (Lipinski definition) is 2. The van der Waals surface area contributed by atoms with E-state index in [9.17, 15) is 0 Å². The van der Waals surface area contributed by atoms with Gasteiger partial charge in [0.2, 0.25) is 0 Å². The number of nitrogens with zero attached hydrogens (tertiary/aromatic N) is 1. The van der Waals surface area contributed by atoms with Crippen molar-refractivity contribution in [2.24, 2.45) is 11.7 Å². The number of rotatable bonds is 6. The van der Waals surface area contributed by atoms with Crippen molar-refractivity contribution in [2.45, 2.75) is 19.8 Å². The Kier molecular flexibility index (Phi) is 5.59. The van der Waals surface area contributed by atoms with E-state index < -0.39 is 0 Å². The second-order valence-electron chi connectivity index (χ2n) is 4.98. The van der Waals surface area contributed by atoms with E-state index in [1.807, 2.05) is 18.2 Å². The number of thiocarbonyl (C=S) groups is 1. The molecule has 0 saturated carbocycles. The molecule has 0 amide bonds. The van der Waals surface area contributed by atoms with Crippen molar-refractivity contribution < 1.29 is 0 Å². The third kappa shape index (κ3) is 4.84. The Hall–Kier alpha value is -0.930. The van der Waals surface area contributed by atoms with E-state index in [1.165, 1.54) is 5.56 Å². The minimum absolute atomic E-state index is 0.148. The van der Waals surface area contributed by atoms with Crippen LogP contribution in [0.2, 0.25) is 0 Å². The minimum Gasteiger partial charge on any atom is -0.393 e. The van der Waals surface area contributed by atoms with Crippen LogP contribution in [0, 0.1) is 5.92 Å². The summed E-state index contributed by atoms with van der Waals surface area (Å²) in [5, 5.41) is 0. The standard InChI is InChI=1S/C14H22N2S/c1-11(2)9-16(3)10-13(14(15)17)12-7-5-4-6-8-12/h4-8,11,13H,9-10H2,1-3H3,(H2,15,17). The minimum atomic E-state index is 0.148. The Labute approximate surface area is 110 Å². The van der Waals surface area contributed by atoms with Crippen molar-refractivity contribution in [2.75, 3.05) is 20.1 Å². The quantitative estimate of drug-likeness (QED) is 0.787. The molecule has 0 radical (unpaired) electrons. The second-order valence-corrected chi connectivity index (χ2v) is 5.45. The number of likely N-dealkylation sites (N-methyl/N-ethyl adjacent to an activating group) is 1. The van der Waals surface area contributed by atoms with Gasteiger partial charge in [-0.05, 0) is 18.5 Å². The van der Waals surface area contributed by atoms with E-state index in [0.29, 0.717) is 10.9 Å². The fourth-order valence-electron chi connectivity index (χ4n) is 2.05. The highest BCUT2D eigenvalue weighted by Gasteiger charge is 2.16. The summed E-state index contributed by atoms with van der Waals surface area (Å²) in [6, 6.07) is 10.3. The summed E-state index contributed by atoms with van der Waals surface area (Å²) in [4.78, 5) is 2.87. The summed E-state index contributed by atoms with van der Waals surface area (Å²) < 4.78 is 0. The number of hydrogen-bond donors (Lipinski definition) is 1. The average Bonchev–Trinajstić information content (AvgIpc) is 2.25. The lowest BCUT2D eigenvalue weighted by Gasteiger charge is -2.25. The van der Waals surface area contributed by atoms with Crippen LogP contribution in [0.4, 0.5) is 0 Å².